The molecule has 9 heavy (non-hydrogen) atoms. The fourth-order valence-electron chi connectivity index (χ4n) is 0.191. The molecule has 0 spiro atoms. The van der Waals surface area contributed by atoms with E-state index < -0.39 is 5.97 Å². The largest absolute Gasteiger partial charge is 0.639 e. The van der Waals surface area contributed by atoms with Gasteiger partial charge in [0.15, 0.2) is 0 Å². The molecule has 0 amide bonds. The molecular weight excluding hydrogens is 193 g/mol. The first-order valence-electron chi connectivity index (χ1n) is 2.37. The summed E-state index contributed by atoms with van der Waals surface area (Å²) in [6.07, 6.45) is 4.72. The van der Waals surface area contributed by atoms with Crippen LogP contribution in [0.4, 0.5) is 0 Å². The molecule has 3 heteroatoms. The molecular formula is C6H8O2Y-2. The first-order valence-corrected chi connectivity index (χ1v) is 2.37. The number of allylic oxidation sites excluding steroid dienone is 1. The summed E-state index contributed by atoms with van der Waals surface area (Å²) >= 11 is 0. The number of carbonyl (C=O) groups excluding carboxylic acids is 1. The molecule has 0 saturated heterocycles. The van der Waals surface area contributed by atoms with E-state index >= 15 is 0 Å². The van der Waals surface area contributed by atoms with E-state index in [0.717, 1.165) is 6.42 Å². The molecule has 0 aromatic carbocycles. The van der Waals surface area contributed by atoms with Crippen molar-refractivity contribution in [2.75, 3.05) is 0 Å². The average molecular weight is 201 g/mol. The summed E-state index contributed by atoms with van der Waals surface area (Å²) in [5, 5.41) is 0. The van der Waals surface area contributed by atoms with E-state index in [-0.39, 0.29) is 32.7 Å². The summed E-state index contributed by atoms with van der Waals surface area (Å²) in [6, 6.07) is 0. The van der Waals surface area contributed by atoms with Crippen LogP contribution in [0.3, 0.4) is 0 Å². The molecule has 0 aliphatic carbocycles. The summed E-state index contributed by atoms with van der Waals surface area (Å²) in [7, 11) is 0. The number of hydrogen-bond donors (Lipinski definition) is 0. The van der Waals surface area contributed by atoms with Crippen LogP contribution in [0.5, 0.6) is 0 Å². The fourth-order valence-corrected chi connectivity index (χ4v) is 0.191. The van der Waals surface area contributed by atoms with Gasteiger partial charge in [-0.1, -0.05) is 19.6 Å². The maximum absolute atomic E-state index is 9.90. The van der Waals surface area contributed by atoms with Gasteiger partial charge in [0.25, 0.3) is 0 Å². The van der Waals surface area contributed by atoms with Crippen molar-refractivity contribution in [3.05, 3.63) is 19.3 Å². The van der Waals surface area contributed by atoms with Gasteiger partial charge in [-0.2, -0.15) is 0 Å². The summed E-state index contributed by atoms with van der Waals surface area (Å²) in [5.41, 5.74) is 0. The van der Waals surface area contributed by atoms with Crippen LogP contribution in [0.25, 0.3) is 0 Å². The fraction of sp³-hybridized carbons (Fsp3) is 0.333. The average Bonchev–Trinajstić information content (AvgIpc) is 1.66. The normalized spacial score (nSPS) is 8.56. The van der Waals surface area contributed by atoms with Crippen LogP contribution in [0.15, 0.2) is 6.08 Å². The van der Waals surface area contributed by atoms with Crippen molar-refractivity contribution in [3.8, 4) is 0 Å². The quantitative estimate of drug-likeness (QED) is 0.379. The SMILES string of the molecule is [CH2-]C(=O)O[C-]=CCC.[Y]. The molecule has 0 rings (SSSR count). The van der Waals surface area contributed by atoms with Crippen LogP contribution in [0.1, 0.15) is 13.3 Å². The molecule has 0 aliphatic rings. The van der Waals surface area contributed by atoms with Crippen LogP contribution in [-0.2, 0) is 42.2 Å². The van der Waals surface area contributed by atoms with Crippen molar-refractivity contribution >= 4 is 5.97 Å². The molecule has 0 N–H and O–H groups in total. The van der Waals surface area contributed by atoms with Gasteiger partial charge in [-0.25, -0.2) is 0 Å². The zero-order valence-electron chi connectivity index (χ0n) is 5.39. The predicted molar refractivity (Wildman–Crippen MR) is 29.6 cm³/mol. The van der Waals surface area contributed by atoms with Gasteiger partial charge in [0.1, 0.15) is 0 Å². The van der Waals surface area contributed by atoms with E-state index in [1.165, 1.54) is 0 Å². The van der Waals surface area contributed by atoms with Crippen molar-refractivity contribution in [2.45, 2.75) is 13.3 Å². The molecule has 0 saturated carbocycles. The monoisotopic (exact) mass is 201 g/mol. The zero-order chi connectivity index (χ0) is 6.41. The third kappa shape index (κ3) is 11.6. The number of esters is 1. The van der Waals surface area contributed by atoms with Gasteiger partial charge in [-0.15, -0.1) is 6.08 Å². The zero-order valence-corrected chi connectivity index (χ0v) is 8.22. The Morgan fingerprint density at radius 3 is 2.78 bits per heavy atom. The summed E-state index contributed by atoms with van der Waals surface area (Å²) in [5.74, 6) is -0.574. The van der Waals surface area contributed by atoms with Gasteiger partial charge in [0.2, 0.25) is 0 Å². The van der Waals surface area contributed by atoms with E-state index in [1.807, 2.05) is 6.92 Å². The van der Waals surface area contributed by atoms with E-state index in [2.05, 4.69) is 17.9 Å². The van der Waals surface area contributed by atoms with Crippen LogP contribution in [0.2, 0.25) is 0 Å². The van der Waals surface area contributed by atoms with Crippen LogP contribution in [0, 0.1) is 13.2 Å². The Bertz CT molecular complexity index is 99.2. The second-order valence-electron chi connectivity index (χ2n) is 1.20. The predicted octanol–water partition coefficient (Wildman–Crippen LogP) is 1.09. The maximum Gasteiger partial charge on any atom is 0.00309 e. The number of ether oxygens (including phenoxy) is 1. The molecule has 1 radical (unpaired) electrons. The van der Waals surface area contributed by atoms with E-state index in [1.54, 1.807) is 6.08 Å². The first-order chi connectivity index (χ1) is 3.77. The summed E-state index contributed by atoms with van der Waals surface area (Å²) < 4.78 is 4.23. The minimum atomic E-state index is -0.574. The minimum absolute atomic E-state index is 0. The Morgan fingerprint density at radius 1 is 1.89 bits per heavy atom. The molecule has 0 aromatic rings. The third-order valence-electron chi connectivity index (χ3n) is 0.460. The Kier molecular flexibility index (Phi) is 10.8. The first kappa shape index (κ1) is 11.9. The topological polar surface area (TPSA) is 26.3 Å². The van der Waals surface area contributed by atoms with Crippen LogP contribution >= 0.6 is 0 Å². The second kappa shape index (κ2) is 8.18. The van der Waals surface area contributed by atoms with Gasteiger partial charge in [0, 0.05) is 38.7 Å². The molecule has 0 unspecified atom stereocenters. The maximum atomic E-state index is 9.90. The van der Waals surface area contributed by atoms with Gasteiger partial charge >= 0.3 is 0 Å². The number of hydrogen-bond acceptors (Lipinski definition) is 2. The molecule has 0 aromatic heterocycles. The summed E-state index contributed by atoms with van der Waals surface area (Å²) in [4.78, 5) is 9.90. The second-order valence-corrected chi connectivity index (χ2v) is 1.20. The Hall–Kier alpha value is 0.184. The number of rotatable bonds is 2. The van der Waals surface area contributed by atoms with E-state index in [9.17, 15) is 4.79 Å². The molecule has 0 atom stereocenters. The third-order valence-corrected chi connectivity index (χ3v) is 0.460. The molecule has 0 bridgehead atoms. The van der Waals surface area contributed by atoms with Gasteiger partial charge in [-0.3, -0.25) is 0 Å². The standard InChI is InChI=1S/C6H8O2.Y/c1-3-4-5-8-6(2)7;/h4H,2-3H2,1H3;/q-2;. The van der Waals surface area contributed by atoms with Gasteiger partial charge in [0.05, 0.1) is 0 Å². The van der Waals surface area contributed by atoms with Crippen LogP contribution in [-0.4, -0.2) is 5.97 Å². The van der Waals surface area contributed by atoms with Crippen molar-refractivity contribution in [3.63, 3.8) is 0 Å². The Morgan fingerprint density at radius 2 is 2.44 bits per heavy atom. The Labute approximate surface area is 80.5 Å². The van der Waals surface area contributed by atoms with Gasteiger partial charge < -0.3 is 16.5 Å². The molecule has 0 fully saturated rings. The van der Waals surface area contributed by atoms with Crippen molar-refractivity contribution in [2.24, 2.45) is 0 Å². The number of carbonyl (C=O) groups is 1. The van der Waals surface area contributed by atoms with Gasteiger partial charge in [-0.05, 0) is 0 Å². The summed E-state index contributed by atoms with van der Waals surface area (Å²) in [6.45, 7) is 4.89. The molecule has 2 nitrogen and oxygen atoms in total. The van der Waals surface area contributed by atoms with Crippen LogP contribution < -0.4 is 0 Å². The van der Waals surface area contributed by atoms with Crippen molar-refractivity contribution < 1.29 is 42.2 Å². The molecule has 49 valence electrons. The van der Waals surface area contributed by atoms with E-state index in [4.69, 9.17) is 0 Å². The minimum Gasteiger partial charge on any atom is -0.639 e. The van der Waals surface area contributed by atoms with Crippen molar-refractivity contribution in [1.29, 1.82) is 0 Å². The molecule has 0 aliphatic heterocycles. The van der Waals surface area contributed by atoms with E-state index in [0.29, 0.717) is 0 Å². The van der Waals surface area contributed by atoms with Crippen molar-refractivity contribution in [1.82, 2.24) is 0 Å². The smallest absolute Gasteiger partial charge is 0.00309 e. The Balaban J connectivity index is 0. The molecule has 0 heterocycles.